The van der Waals surface area contributed by atoms with Crippen molar-refractivity contribution in [3.8, 4) is 22.6 Å². The molecule has 0 unspecified atom stereocenters. The number of carbonyl (C=O) groups is 2. The van der Waals surface area contributed by atoms with Crippen LogP contribution in [0.25, 0.3) is 16.7 Å². The maximum atomic E-state index is 12.5. The highest BCUT2D eigenvalue weighted by Gasteiger charge is 2.27. The predicted molar refractivity (Wildman–Crippen MR) is 113 cm³/mol. The summed E-state index contributed by atoms with van der Waals surface area (Å²) in [5.41, 5.74) is 10.1. The van der Waals surface area contributed by atoms with Crippen LogP contribution in [0.2, 0.25) is 0 Å². The molecule has 0 saturated heterocycles. The number of imide groups is 1. The minimum Gasteiger partial charge on any atom is -0.504 e. The van der Waals surface area contributed by atoms with Gasteiger partial charge in [-0.05, 0) is 53.1 Å². The third kappa shape index (κ3) is 3.68. The van der Waals surface area contributed by atoms with Gasteiger partial charge in [-0.2, -0.15) is 0 Å². The van der Waals surface area contributed by atoms with E-state index in [0.29, 0.717) is 34.5 Å². The molecule has 0 saturated carbocycles. The summed E-state index contributed by atoms with van der Waals surface area (Å²) in [7, 11) is 0. The minimum atomic E-state index is -0.502. The molecule has 30 heavy (non-hydrogen) atoms. The maximum absolute atomic E-state index is 12.5. The number of phenolic OH excluding ortho intramolecular Hbond substituents is 2. The number of nitrogen functional groups attached to an aromatic ring is 1. The first kappa shape index (κ1) is 19.1. The number of aromatic hydroxyl groups is 2. The number of benzene rings is 3. The summed E-state index contributed by atoms with van der Waals surface area (Å²) in [6.07, 6.45) is 1.54. The molecule has 0 aromatic heterocycles. The molecule has 0 aliphatic carbocycles. The zero-order chi connectivity index (χ0) is 21.3. The Balaban J connectivity index is 1.67. The highest BCUT2D eigenvalue weighted by atomic mass is 16.3. The molecule has 0 radical (unpaired) electrons. The highest BCUT2D eigenvalue weighted by Crippen LogP contribution is 2.30. The van der Waals surface area contributed by atoms with E-state index in [4.69, 9.17) is 5.73 Å². The van der Waals surface area contributed by atoms with E-state index in [-0.39, 0.29) is 11.5 Å². The van der Waals surface area contributed by atoms with Crippen LogP contribution in [0, 0.1) is 0 Å². The van der Waals surface area contributed by atoms with E-state index < -0.39 is 11.8 Å². The molecule has 150 valence electrons. The molecule has 4 rings (SSSR count). The fourth-order valence-corrected chi connectivity index (χ4v) is 3.32. The van der Waals surface area contributed by atoms with Gasteiger partial charge in [0.15, 0.2) is 11.5 Å². The van der Waals surface area contributed by atoms with Gasteiger partial charge >= 0.3 is 0 Å². The van der Waals surface area contributed by atoms with Gasteiger partial charge in [0, 0.05) is 29.6 Å². The van der Waals surface area contributed by atoms with E-state index in [0.717, 1.165) is 11.1 Å². The van der Waals surface area contributed by atoms with Gasteiger partial charge in [-0.15, -0.1) is 0 Å². The largest absolute Gasteiger partial charge is 0.504 e. The third-order valence-corrected chi connectivity index (χ3v) is 4.84. The van der Waals surface area contributed by atoms with Crippen LogP contribution in [0.1, 0.15) is 21.5 Å². The van der Waals surface area contributed by atoms with Crippen molar-refractivity contribution in [2.45, 2.75) is 6.54 Å². The first-order valence-corrected chi connectivity index (χ1v) is 9.23. The van der Waals surface area contributed by atoms with E-state index in [1.807, 2.05) is 24.3 Å². The first-order chi connectivity index (χ1) is 14.4. The van der Waals surface area contributed by atoms with E-state index in [9.17, 15) is 19.8 Å². The average molecular weight is 401 g/mol. The van der Waals surface area contributed by atoms with Crippen LogP contribution in [0.4, 0.5) is 5.69 Å². The Labute approximate surface area is 172 Å². The van der Waals surface area contributed by atoms with Crippen molar-refractivity contribution in [2.75, 3.05) is 5.73 Å². The summed E-state index contributed by atoms with van der Waals surface area (Å²) in [4.78, 5) is 24.7. The van der Waals surface area contributed by atoms with E-state index >= 15 is 0 Å². The van der Waals surface area contributed by atoms with Gasteiger partial charge < -0.3 is 21.3 Å². The van der Waals surface area contributed by atoms with E-state index in [1.54, 1.807) is 24.3 Å². The van der Waals surface area contributed by atoms with Crippen molar-refractivity contribution >= 4 is 23.1 Å². The quantitative estimate of drug-likeness (QED) is 0.198. The standard InChI is InChI=1S/C23H19N3O4/c24-16-3-1-2-14(9-16)15-5-6-17-18(10-15)19(23(30)26-22(17)29)12-25-11-13-4-7-20(27)21(28)8-13/h1-10,12,25,27-28H,11,24H2,(H,26,29,30)/b19-12+. The molecule has 1 aliphatic heterocycles. The molecular weight excluding hydrogens is 382 g/mol. The number of nitrogens with one attached hydrogen (secondary N) is 2. The average Bonchev–Trinajstić information content (AvgIpc) is 2.72. The summed E-state index contributed by atoms with van der Waals surface area (Å²) in [5.74, 6) is -1.38. The molecule has 0 bridgehead atoms. The lowest BCUT2D eigenvalue weighted by atomic mass is 9.91. The SMILES string of the molecule is Nc1cccc(-c2ccc3c(c2)/C(=C\NCc2ccc(O)c(O)c2)C(=O)NC3=O)c1. The van der Waals surface area contributed by atoms with Crippen molar-refractivity contribution in [3.05, 3.63) is 83.6 Å². The molecule has 7 heteroatoms. The lowest BCUT2D eigenvalue weighted by Crippen LogP contribution is -2.37. The van der Waals surface area contributed by atoms with Crippen molar-refractivity contribution in [1.29, 1.82) is 0 Å². The molecule has 6 N–H and O–H groups in total. The number of nitrogens with two attached hydrogens (primary N) is 1. The Morgan fingerprint density at radius 2 is 1.67 bits per heavy atom. The zero-order valence-corrected chi connectivity index (χ0v) is 15.8. The molecule has 7 nitrogen and oxygen atoms in total. The van der Waals surface area contributed by atoms with Crippen LogP contribution >= 0.6 is 0 Å². The lowest BCUT2D eigenvalue weighted by Gasteiger charge is -2.19. The Morgan fingerprint density at radius 1 is 0.867 bits per heavy atom. The van der Waals surface area contributed by atoms with Gasteiger partial charge in [-0.1, -0.05) is 24.3 Å². The summed E-state index contributed by atoms with van der Waals surface area (Å²) in [6, 6.07) is 17.1. The molecule has 2 amide bonds. The van der Waals surface area contributed by atoms with Gasteiger partial charge in [0.1, 0.15) is 0 Å². The van der Waals surface area contributed by atoms with Crippen molar-refractivity contribution < 1.29 is 19.8 Å². The van der Waals surface area contributed by atoms with Crippen LogP contribution in [-0.4, -0.2) is 22.0 Å². The lowest BCUT2D eigenvalue weighted by molar-refractivity contribution is -0.114. The summed E-state index contributed by atoms with van der Waals surface area (Å²) >= 11 is 0. The van der Waals surface area contributed by atoms with Gasteiger partial charge in [-0.25, -0.2) is 0 Å². The Morgan fingerprint density at radius 3 is 2.43 bits per heavy atom. The number of phenols is 2. The molecule has 1 aliphatic rings. The Bertz CT molecular complexity index is 1200. The number of anilines is 1. The number of rotatable bonds is 4. The molecule has 3 aromatic rings. The van der Waals surface area contributed by atoms with Gasteiger partial charge in [0.05, 0.1) is 5.57 Å². The van der Waals surface area contributed by atoms with Gasteiger partial charge in [-0.3, -0.25) is 14.9 Å². The molecule has 1 heterocycles. The topological polar surface area (TPSA) is 125 Å². The molecular formula is C23H19N3O4. The van der Waals surface area contributed by atoms with Crippen LogP contribution in [0.5, 0.6) is 11.5 Å². The molecule has 0 fully saturated rings. The maximum Gasteiger partial charge on any atom is 0.260 e. The third-order valence-electron chi connectivity index (χ3n) is 4.84. The van der Waals surface area contributed by atoms with Crippen molar-refractivity contribution in [2.24, 2.45) is 0 Å². The Kier molecular flexibility index (Phi) is 4.85. The second-order valence-corrected chi connectivity index (χ2v) is 6.93. The molecule has 0 spiro atoms. The fraction of sp³-hybridized carbons (Fsp3) is 0.0435. The van der Waals surface area contributed by atoms with Crippen molar-refractivity contribution in [3.63, 3.8) is 0 Å². The summed E-state index contributed by atoms with van der Waals surface area (Å²) < 4.78 is 0. The number of hydrogen-bond donors (Lipinski definition) is 5. The van der Waals surface area contributed by atoms with Crippen LogP contribution in [0.15, 0.2) is 66.9 Å². The number of fused-ring (bicyclic) bond motifs is 1. The van der Waals surface area contributed by atoms with Gasteiger partial charge in [0.25, 0.3) is 11.8 Å². The van der Waals surface area contributed by atoms with Crippen molar-refractivity contribution in [1.82, 2.24) is 10.6 Å². The number of amides is 2. The normalized spacial score (nSPS) is 14.3. The summed E-state index contributed by atoms with van der Waals surface area (Å²) in [5, 5.41) is 24.4. The minimum absolute atomic E-state index is 0.203. The zero-order valence-electron chi connectivity index (χ0n) is 15.8. The predicted octanol–water partition coefficient (Wildman–Crippen LogP) is 2.75. The molecule has 3 aromatic carbocycles. The first-order valence-electron chi connectivity index (χ1n) is 9.23. The van der Waals surface area contributed by atoms with E-state index in [2.05, 4.69) is 10.6 Å². The number of hydrogen-bond acceptors (Lipinski definition) is 6. The van der Waals surface area contributed by atoms with E-state index in [1.165, 1.54) is 18.3 Å². The smallest absolute Gasteiger partial charge is 0.260 e. The van der Waals surface area contributed by atoms with Crippen LogP contribution < -0.4 is 16.4 Å². The van der Waals surface area contributed by atoms with Crippen LogP contribution in [0.3, 0.4) is 0 Å². The number of carbonyl (C=O) groups excluding carboxylic acids is 2. The monoisotopic (exact) mass is 401 g/mol. The second-order valence-electron chi connectivity index (χ2n) is 6.93. The fourth-order valence-electron chi connectivity index (χ4n) is 3.32. The second kappa shape index (κ2) is 7.63. The van der Waals surface area contributed by atoms with Crippen LogP contribution in [-0.2, 0) is 11.3 Å². The highest BCUT2D eigenvalue weighted by molar-refractivity contribution is 6.31. The summed E-state index contributed by atoms with van der Waals surface area (Å²) in [6.45, 7) is 0.308. The van der Waals surface area contributed by atoms with Gasteiger partial charge in [0.2, 0.25) is 0 Å². The molecule has 0 atom stereocenters. The Hall–Kier alpha value is -4.26.